The van der Waals surface area contributed by atoms with E-state index in [0.717, 1.165) is 10.7 Å². The monoisotopic (exact) mass is 348 g/mol. The first kappa shape index (κ1) is 18.4. The van der Waals surface area contributed by atoms with Gasteiger partial charge in [-0.2, -0.15) is 0 Å². The number of nitrogens with one attached hydrogen (secondary N) is 1. The molecule has 0 bridgehead atoms. The molecule has 0 fully saturated rings. The SMILES string of the molecule is COCCOc1cccc(C(=O)NC(C)c2csc(C(C)C)n2)c1. The minimum atomic E-state index is -0.140. The summed E-state index contributed by atoms with van der Waals surface area (Å²) < 4.78 is 10.5. The van der Waals surface area contributed by atoms with Crippen LogP contribution in [-0.2, 0) is 4.74 Å². The summed E-state index contributed by atoms with van der Waals surface area (Å²) in [5.74, 6) is 0.912. The van der Waals surface area contributed by atoms with Crippen LogP contribution < -0.4 is 10.1 Å². The van der Waals surface area contributed by atoms with Crippen LogP contribution in [0.3, 0.4) is 0 Å². The van der Waals surface area contributed by atoms with Crippen LogP contribution >= 0.6 is 11.3 Å². The number of benzene rings is 1. The van der Waals surface area contributed by atoms with Crippen molar-refractivity contribution in [3.63, 3.8) is 0 Å². The van der Waals surface area contributed by atoms with Gasteiger partial charge < -0.3 is 14.8 Å². The average Bonchev–Trinajstić information content (AvgIpc) is 3.06. The summed E-state index contributed by atoms with van der Waals surface area (Å²) >= 11 is 1.63. The van der Waals surface area contributed by atoms with Crippen molar-refractivity contribution in [1.82, 2.24) is 10.3 Å². The highest BCUT2D eigenvalue weighted by molar-refractivity contribution is 7.09. The Bertz CT molecular complexity index is 670. The molecule has 0 radical (unpaired) electrons. The van der Waals surface area contributed by atoms with Gasteiger partial charge in [0.1, 0.15) is 12.4 Å². The Labute approximate surface area is 147 Å². The number of ether oxygens (including phenoxy) is 2. The molecule has 130 valence electrons. The third-order valence-corrected chi connectivity index (χ3v) is 4.64. The van der Waals surface area contributed by atoms with Gasteiger partial charge >= 0.3 is 0 Å². The molecule has 1 amide bonds. The number of aromatic nitrogens is 1. The van der Waals surface area contributed by atoms with Crippen molar-refractivity contribution in [2.24, 2.45) is 0 Å². The smallest absolute Gasteiger partial charge is 0.251 e. The van der Waals surface area contributed by atoms with Crippen LogP contribution in [0.5, 0.6) is 5.75 Å². The number of rotatable bonds is 8. The number of carbonyl (C=O) groups excluding carboxylic acids is 1. The largest absolute Gasteiger partial charge is 0.491 e. The van der Waals surface area contributed by atoms with E-state index >= 15 is 0 Å². The minimum absolute atomic E-state index is 0.140. The second-order valence-electron chi connectivity index (χ2n) is 5.83. The Kier molecular flexibility index (Phi) is 6.75. The van der Waals surface area contributed by atoms with E-state index in [1.807, 2.05) is 18.4 Å². The zero-order valence-corrected chi connectivity index (χ0v) is 15.4. The standard InChI is InChI=1S/C18H24N2O3S/c1-12(2)18-20-16(11-24-18)13(3)19-17(21)14-6-5-7-15(10-14)23-9-8-22-4/h5-7,10-13H,8-9H2,1-4H3,(H,19,21). The van der Waals surface area contributed by atoms with Crippen molar-refractivity contribution < 1.29 is 14.3 Å². The van der Waals surface area contributed by atoms with E-state index in [0.29, 0.717) is 30.4 Å². The summed E-state index contributed by atoms with van der Waals surface area (Å²) in [4.78, 5) is 17.0. The van der Waals surface area contributed by atoms with Gasteiger partial charge in [0, 0.05) is 24.0 Å². The van der Waals surface area contributed by atoms with Crippen LogP contribution in [0.2, 0.25) is 0 Å². The summed E-state index contributed by atoms with van der Waals surface area (Å²) in [6, 6.07) is 7.00. The fourth-order valence-electron chi connectivity index (χ4n) is 2.09. The van der Waals surface area contributed by atoms with Gasteiger partial charge in [-0.25, -0.2) is 4.98 Å². The fraction of sp³-hybridized carbons (Fsp3) is 0.444. The molecule has 0 saturated heterocycles. The Balaban J connectivity index is 1.99. The van der Waals surface area contributed by atoms with Gasteiger partial charge in [-0.05, 0) is 25.1 Å². The maximum atomic E-state index is 12.4. The lowest BCUT2D eigenvalue weighted by Crippen LogP contribution is -2.26. The second kappa shape index (κ2) is 8.80. The van der Waals surface area contributed by atoms with Crippen LogP contribution in [0, 0.1) is 0 Å². The van der Waals surface area contributed by atoms with E-state index in [1.165, 1.54) is 0 Å². The molecule has 24 heavy (non-hydrogen) atoms. The van der Waals surface area contributed by atoms with Gasteiger partial charge in [-0.3, -0.25) is 4.79 Å². The van der Waals surface area contributed by atoms with Gasteiger partial charge in [-0.1, -0.05) is 19.9 Å². The van der Waals surface area contributed by atoms with Crippen LogP contribution in [0.15, 0.2) is 29.6 Å². The van der Waals surface area contributed by atoms with Gasteiger partial charge in [0.2, 0.25) is 0 Å². The van der Waals surface area contributed by atoms with Crippen molar-refractivity contribution in [3.8, 4) is 5.75 Å². The average molecular weight is 348 g/mol. The summed E-state index contributed by atoms with van der Waals surface area (Å²) in [5.41, 5.74) is 1.46. The summed E-state index contributed by atoms with van der Waals surface area (Å²) in [6.07, 6.45) is 0. The Hall–Kier alpha value is -1.92. The first-order valence-electron chi connectivity index (χ1n) is 7.99. The first-order chi connectivity index (χ1) is 11.5. The summed E-state index contributed by atoms with van der Waals surface area (Å²) in [7, 11) is 1.62. The number of thiazole rings is 1. The molecule has 1 atom stereocenters. The minimum Gasteiger partial charge on any atom is -0.491 e. The van der Waals surface area contributed by atoms with Crippen LogP contribution in [-0.4, -0.2) is 31.2 Å². The third kappa shape index (κ3) is 5.04. The molecule has 2 rings (SSSR count). The number of amides is 1. The molecule has 5 nitrogen and oxygen atoms in total. The highest BCUT2D eigenvalue weighted by Crippen LogP contribution is 2.23. The molecule has 1 aromatic heterocycles. The number of nitrogens with zero attached hydrogens (tertiary/aromatic N) is 1. The van der Waals surface area contributed by atoms with Crippen molar-refractivity contribution in [3.05, 3.63) is 45.9 Å². The maximum Gasteiger partial charge on any atom is 0.251 e. The molecule has 2 aromatic rings. The van der Waals surface area contributed by atoms with E-state index < -0.39 is 0 Å². The molecule has 0 aliphatic rings. The Morgan fingerprint density at radius 2 is 2.08 bits per heavy atom. The molecule has 0 aliphatic carbocycles. The lowest BCUT2D eigenvalue weighted by molar-refractivity contribution is 0.0938. The molecule has 1 heterocycles. The van der Waals surface area contributed by atoms with Crippen LogP contribution in [0.1, 0.15) is 53.8 Å². The van der Waals surface area contributed by atoms with Gasteiger partial charge in [0.25, 0.3) is 5.91 Å². The van der Waals surface area contributed by atoms with E-state index in [4.69, 9.17) is 9.47 Å². The number of methoxy groups -OCH3 is 1. The number of hydrogen-bond donors (Lipinski definition) is 1. The predicted molar refractivity (Wildman–Crippen MR) is 95.9 cm³/mol. The predicted octanol–water partition coefficient (Wildman–Crippen LogP) is 3.78. The van der Waals surface area contributed by atoms with Crippen LogP contribution in [0.4, 0.5) is 0 Å². The highest BCUT2D eigenvalue weighted by atomic mass is 32.1. The van der Waals surface area contributed by atoms with Crippen molar-refractivity contribution in [2.45, 2.75) is 32.7 Å². The number of carbonyl (C=O) groups is 1. The van der Waals surface area contributed by atoms with Gasteiger partial charge in [0.05, 0.1) is 23.4 Å². The van der Waals surface area contributed by atoms with E-state index in [1.54, 1.807) is 36.6 Å². The molecule has 0 saturated carbocycles. The van der Waals surface area contributed by atoms with Crippen molar-refractivity contribution >= 4 is 17.2 Å². The first-order valence-corrected chi connectivity index (χ1v) is 8.87. The second-order valence-corrected chi connectivity index (χ2v) is 6.72. The Morgan fingerprint density at radius 3 is 2.75 bits per heavy atom. The topological polar surface area (TPSA) is 60.5 Å². The number of hydrogen-bond acceptors (Lipinski definition) is 5. The van der Waals surface area contributed by atoms with Crippen molar-refractivity contribution in [2.75, 3.05) is 20.3 Å². The highest BCUT2D eigenvalue weighted by Gasteiger charge is 2.15. The summed E-state index contributed by atoms with van der Waals surface area (Å²) in [5, 5.41) is 6.07. The lowest BCUT2D eigenvalue weighted by Gasteiger charge is -2.13. The summed E-state index contributed by atoms with van der Waals surface area (Å²) in [6.45, 7) is 7.13. The molecule has 0 spiro atoms. The molecule has 1 aromatic carbocycles. The molecule has 1 unspecified atom stereocenters. The lowest BCUT2D eigenvalue weighted by atomic mass is 10.1. The van der Waals surface area contributed by atoms with E-state index in [2.05, 4.69) is 24.1 Å². The molecular weight excluding hydrogens is 324 g/mol. The zero-order valence-electron chi connectivity index (χ0n) is 14.5. The van der Waals surface area contributed by atoms with Gasteiger partial charge in [0.15, 0.2) is 0 Å². The van der Waals surface area contributed by atoms with Gasteiger partial charge in [-0.15, -0.1) is 11.3 Å². The molecular formula is C18H24N2O3S. The molecule has 0 aliphatic heterocycles. The zero-order chi connectivity index (χ0) is 17.5. The van der Waals surface area contributed by atoms with Crippen LogP contribution in [0.25, 0.3) is 0 Å². The maximum absolute atomic E-state index is 12.4. The normalized spacial score (nSPS) is 12.2. The molecule has 6 heteroatoms. The molecule has 1 N–H and O–H groups in total. The quantitative estimate of drug-likeness (QED) is 0.738. The van der Waals surface area contributed by atoms with E-state index in [9.17, 15) is 4.79 Å². The van der Waals surface area contributed by atoms with Crippen molar-refractivity contribution in [1.29, 1.82) is 0 Å². The fourth-order valence-corrected chi connectivity index (χ4v) is 3.02. The van der Waals surface area contributed by atoms with E-state index in [-0.39, 0.29) is 11.9 Å². The Morgan fingerprint density at radius 1 is 1.29 bits per heavy atom. The third-order valence-electron chi connectivity index (χ3n) is 3.48.